The fourth-order valence-electron chi connectivity index (χ4n) is 3.16. The summed E-state index contributed by atoms with van der Waals surface area (Å²) in [5, 5.41) is 0. The normalized spacial score (nSPS) is 27.0. The Labute approximate surface area is 107 Å². The van der Waals surface area contributed by atoms with Crippen molar-refractivity contribution in [3.63, 3.8) is 0 Å². The summed E-state index contributed by atoms with van der Waals surface area (Å²) in [6.07, 6.45) is 1.89. The number of ether oxygens (including phenoxy) is 1. The molecule has 2 heterocycles. The third kappa shape index (κ3) is 1.86. The number of fused-ring (bicyclic) bond motifs is 1. The van der Waals surface area contributed by atoms with E-state index in [2.05, 4.69) is 18.2 Å². The van der Waals surface area contributed by atoms with Crippen molar-refractivity contribution in [1.29, 1.82) is 0 Å². The number of rotatable bonds is 1. The van der Waals surface area contributed by atoms with Crippen LogP contribution in [0.5, 0.6) is 0 Å². The van der Waals surface area contributed by atoms with E-state index in [0.29, 0.717) is 12.5 Å². The lowest BCUT2D eigenvalue weighted by atomic mass is 9.84. The van der Waals surface area contributed by atoms with Gasteiger partial charge in [-0.3, -0.25) is 0 Å². The highest BCUT2D eigenvalue weighted by molar-refractivity contribution is 5.73. The molecule has 2 aliphatic heterocycles. The monoisotopic (exact) mass is 246 g/mol. The van der Waals surface area contributed by atoms with Crippen LogP contribution in [0, 0.1) is 5.92 Å². The van der Waals surface area contributed by atoms with Crippen molar-refractivity contribution in [3.05, 3.63) is 35.4 Å². The molecule has 0 saturated carbocycles. The minimum absolute atomic E-state index is 0.0925. The Morgan fingerprint density at radius 2 is 2.22 bits per heavy atom. The van der Waals surface area contributed by atoms with Gasteiger partial charge in [0.25, 0.3) is 0 Å². The standard InChI is InChI=1S/C14H18N2O2/c15-14(17)16-7-5-10-3-1-2-4-12(10)13(16)11-6-8-18-9-11/h1-4,11,13H,5-9H2,(H2,15,17)/t11-,13?/m0/s1. The molecule has 1 unspecified atom stereocenters. The molecule has 0 aliphatic carbocycles. The smallest absolute Gasteiger partial charge is 0.315 e. The van der Waals surface area contributed by atoms with Crippen LogP contribution in [0.3, 0.4) is 0 Å². The summed E-state index contributed by atoms with van der Waals surface area (Å²) in [7, 11) is 0. The Morgan fingerprint density at radius 3 is 2.94 bits per heavy atom. The minimum Gasteiger partial charge on any atom is -0.381 e. The first-order valence-corrected chi connectivity index (χ1v) is 6.49. The molecule has 0 bridgehead atoms. The zero-order valence-corrected chi connectivity index (χ0v) is 10.3. The number of primary amides is 1. The molecule has 1 aromatic rings. The van der Waals surface area contributed by atoms with E-state index < -0.39 is 0 Å². The van der Waals surface area contributed by atoms with Gasteiger partial charge < -0.3 is 15.4 Å². The van der Waals surface area contributed by atoms with Crippen molar-refractivity contribution in [2.45, 2.75) is 18.9 Å². The van der Waals surface area contributed by atoms with E-state index in [-0.39, 0.29) is 12.1 Å². The molecule has 0 spiro atoms. The molecule has 18 heavy (non-hydrogen) atoms. The Bertz CT molecular complexity index is 455. The van der Waals surface area contributed by atoms with Gasteiger partial charge in [-0.25, -0.2) is 4.79 Å². The number of hydrogen-bond donors (Lipinski definition) is 1. The summed E-state index contributed by atoms with van der Waals surface area (Å²) in [5.74, 6) is 0.374. The van der Waals surface area contributed by atoms with Crippen LogP contribution in [-0.4, -0.2) is 30.7 Å². The average molecular weight is 246 g/mol. The lowest BCUT2D eigenvalue weighted by Gasteiger charge is -2.39. The van der Waals surface area contributed by atoms with Crippen LogP contribution in [0.1, 0.15) is 23.6 Å². The fourth-order valence-corrected chi connectivity index (χ4v) is 3.16. The maximum atomic E-state index is 11.6. The van der Waals surface area contributed by atoms with Gasteiger partial charge in [0, 0.05) is 19.1 Å². The molecule has 1 fully saturated rings. The third-order valence-electron chi connectivity index (χ3n) is 4.03. The number of nitrogens with zero attached hydrogens (tertiary/aromatic N) is 1. The fraction of sp³-hybridized carbons (Fsp3) is 0.500. The van der Waals surface area contributed by atoms with E-state index in [4.69, 9.17) is 10.5 Å². The SMILES string of the molecule is NC(=O)N1CCc2ccccc2C1[C@H]1CCOC1. The Kier molecular flexibility index (Phi) is 2.96. The molecular weight excluding hydrogens is 228 g/mol. The highest BCUT2D eigenvalue weighted by Gasteiger charge is 2.37. The van der Waals surface area contributed by atoms with Crippen LogP contribution in [-0.2, 0) is 11.2 Å². The number of benzene rings is 1. The molecule has 3 rings (SSSR count). The van der Waals surface area contributed by atoms with Gasteiger partial charge in [-0.15, -0.1) is 0 Å². The van der Waals surface area contributed by atoms with E-state index in [1.54, 1.807) is 0 Å². The summed E-state index contributed by atoms with van der Waals surface area (Å²) in [6.45, 7) is 2.23. The van der Waals surface area contributed by atoms with Gasteiger partial charge in [-0.1, -0.05) is 24.3 Å². The number of urea groups is 1. The Hall–Kier alpha value is -1.55. The zero-order valence-electron chi connectivity index (χ0n) is 10.3. The van der Waals surface area contributed by atoms with Crippen molar-refractivity contribution in [2.75, 3.05) is 19.8 Å². The van der Waals surface area contributed by atoms with Gasteiger partial charge in [0.1, 0.15) is 0 Å². The lowest BCUT2D eigenvalue weighted by Crippen LogP contribution is -2.46. The van der Waals surface area contributed by atoms with Crippen LogP contribution in [0.15, 0.2) is 24.3 Å². The zero-order chi connectivity index (χ0) is 12.5. The molecule has 0 radical (unpaired) electrons. The predicted molar refractivity (Wildman–Crippen MR) is 68.1 cm³/mol. The van der Waals surface area contributed by atoms with Crippen LogP contribution in [0.2, 0.25) is 0 Å². The first-order chi connectivity index (χ1) is 8.77. The van der Waals surface area contributed by atoms with Crippen molar-refractivity contribution in [1.82, 2.24) is 4.90 Å². The number of carbonyl (C=O) groups excluding carboxylic acids is 1. The van der Waals surface area contributed by atoms with E-state index in [9.17, 15) is 4.79 Å². The predicted octanol–water partition coefficient (Wildman–Crippen LogP) is 1.70. The second kappa shape index (κ2) is 4.61. The summed E-state index contributed by atoms with van der Waals surface area (Å²) < 4.78 is 5.47. The van der Waals surface area contributed by atoms with E-state index in [1.165, 1.54) is 11.1 Å². The van der Waals surface area contributed by atoms with Crippen molar-refractivity contribution >= 4 is 6.03 Å². The molecule has 2 aliphatic rings. The topological polar surface area (TPSA) is 55.6 Å². The maximum Gasteiger partial charge on any atom is 0.315 e. The number of amides is 2. The molecule has 2 atom stereocenters. The average Bonchev–Trinajstić information content (AvgIpc) is 2.90. The van der Waals surface area contributed by atoms with Crippen molar-refractivity contribution < 1.29 is 9.53 Å². The lowest BCUT2D eigenvalue weighted by molar-refractivity contribution is 0.127. The number of carbonyl (C=O) groups is 1. The number of hydrogen-bond acceptors (Lipinski definition) is 2. The van der Waals surface area contributed by atoms with Gasteiger partial charge >= 0.3 is 6.03 Å². The molecule has 4 heteroatoms. The number of nitrogens with two attached hydrogens (primary N) is 1. The Balaban J connectivity index is 1.99. The second-order valence-electron chi connectivity index (χ2n) is 5.05. The summed E-state index contributed by atoms with van der Waals surface area (Å²) in [4.78, 5) is 13.4. The van der Waals surface area contributed by atoms with E-state index in [0.717, 1.165) is 26.1 Å². The summed E-state index contributed by atoms with van der Waals surface area (Å²) >= 11 is 0. The summed E-state index contributed by atoms with van der Waals surface area (Å²) in [6, 6.07) is 8.13. The molecule has 2 N–H and O–H groups in total. The highest BCUT2D eigenvalue weighted by Crippen LogP contribution is 2.38. The molecule has 96 valence electrons. The molecular formula is C14H18N2O2. The summed E-state index contributed by atoms with van der Waals surface area (Å²) in [5.41, 5.74) is 8.12. The first kappa shape index (κ1) is 11.5. The largest absolute Gasteiger partial charge is 0.381 e. The first-order valence-electron chi connectivity index (χ1n) is 6.49. The molecule has 2 amide bonds. The van der Waals surface area contributed by atoms with Gasteiger partial charge in [0.05, 0.1) is 12.6 Å². The van der Waals surface area contributed by atoms with Gasteiger partial charge in [-0.05, 0) is 24.0 Å². The second-order valence-corrected chi connectivity index (χ2v) is 5.05. The quantitative estimate of drug-likeness (QED) is 0.820. The highest BCUT2D eigenvalue weighted by atomic mass is 16.5. The third-order valence-corrected chi connectivity index (χ3v) is 4.03. The molecule has 1 aromatic carbocycles. The molecule has 4 nitrogen and oxygen atoms in total. The van der Waals surface area contributed by atoms with Crippen LogP contribution < -0.4 is 5.73 Å². The van der Waals surface area contributed by atoms with E-state index >= 15 is 0 Å². The Morgan fingerprint density at radius 1 is 1.39 bits per heavy atom. The van der Waals surface area contributed by atoms with Crippen LogP contribution >= 0.6 is 0 Å². The van der Waals surface area contributed by atoms with Crippen LogP contribution in [0.25, 0.3) is 0 Å². The molecule has 1 saturated heterocycles. The van der Waals surface area contributed by atoms with Crippen LogP contribution in [0.4, 0.5) is 4.79 Å². The molecule has 0 aromatic heterocycles. The maximum absolute atomic E-state index is 11.6. The minimum atomic E-state index is -0.318. The van der Waals surface area contributed by atoms with Gasteiger partial charge in [0.2, 0.25) is 0 Å². The van der Waals surface area contributed by atoms with Gasteiger partial charge in [-0.2, -0.15) is 0 Å². The van der Waals surface area contributed by atoms with E-state index in [1.807, 2.05) is 11.0 Å². The van der Waals surface area contributed by atoms with Crippen molar-refractivity contribution in [2.24, 2.45) is 11.7 Å². The van der Waals surface area contributed by atoms with Crippen molar-refractivity contribution in [3.8, 4) is 0 Å². The van der Waals surface area contributed by atoms with Gasteiger partial charge in [0.15, 0.2) is 0 Å².